The summed E-state index contributed by atoms with van der Waals surface area (Å²) in [5.74, 6) is 0. The molecule has 2 nitrogen and oxygen atoms in total. The van der Waals surface area contributed by atoms with E-state index in [1.54, 1.807) is 0 Å². The number of hydrogen-bond donors (Lipinski definition) is 1. The Labute approximate surface area is 145 Å². The first-order valence-electron chi connectivity index (χ1n) is 7.75. The van der Waals surface area contributed by atoms with Crippen molar-refractivity contribution in [2.45, 2.75) is 58.5 Å². The second kappa shape index (κ2) is 7.50. The molecule has 24 heavy (non-hydrogen) atoms. The molecule has 1 rings (SSSR count). The van der Waals surface area contributed by atoms with Gasteiger partial charge >= 0.3 is 6.18 Å². The van der Waals surface area contributed by atoms with E-state index in [2.05, 4.69) is 4.72 Å². The summed E-state index contributed by atoms with van der Waals surface area (Å²) in [5, 5.41) is 0. The van der Waals surface area contributed by atoms with Crippen molar-refractivity contribution in [3.63, 3.8) is 0 Å². The molecule has 0 aliphatic rings. The Hall–Kier alpha value is -0.980. The Morgan fingerprint density at radius 2 is 1.50 bits per heavy atom. The van der Waals surface area contributed by atoms with Crippen LogP contribution >= 0.6 is 0 Å². The van der Waals surface area contributed by atoms with Gasteiger partial charge in [0, 0.05) is 11.4 Å². The highest BCUT2D eigenvalue weighted by molar-refractivity contribution is 7.90. The summed E-state index contributed by atoms with van der Waals surface area (Å²) in [7, 11) is 0. The molecule has 0 saturated carbocycles. The van der Waals surface area contributed by atoms with Gasteiger partial charge in [0.15, 0.2) is 0 Å². The molecule has 0 heterocycles. The van der Waals surface area contributed by atoms with Gasteiger partial charge in [-0.05, 0) is 43.9 Å². The Morgan fingerprint density at radius 3 is 1.88 bits per heavy atom. The Balaban J connectivity index is 3.11. The molecule has 136 valence electrons. The molecule has 1 N–H and O–H groups in total. The number of nitrogens with one attached hydrogen (secondary N) is 1. The van der Waals surface area contributed by atoms with Gasteiger partial charge in [-0.15, -0.1) is 4.72 Å². The summed E-state index contributed by atoms with van der Waals surface area (Å²) in [6.45, 7) is 11.6. The van der Waals surface area contributed by atoms with Crippen LogP contribution in [0.4, 0.5) is 13.2 Å². The molecular formula is C18H26F3NOS. The van der Waals surface area contributed by atoms with Crippen LogP contribution in [0.1, 0.15) is 58.7 Å². The predicted molar refractivity (Wildman–Crippen MR) is 93.8 cm³/mol. The first-order chi connectivity index (χ1) is 10.7. The average Bonchev–Trinajstić information content (AvgIpc) is 2.40. The molecule has 1 aromatic carbocycles. The summed E-state index contributed by atoms with van der Waals surface area (Å²) < 4.78 is 53.1. The molecule has 0 amide bonds. The van der Waals surface area contributed by atoms with Crippen molar-refractivity contribution in [3.05, 3.63) is 47.5 Å². The lowest BCUT2D eigenvalue weighted by Crippen LogP contribution is -2.40. The van der Waals surface area contributed by atoms with Crippen LogP contribution in [0.5, 0.6) is 0 Å². The van der Waals surface area contributed by atoms with Crippen molar-refractivity contribution in [2.75, 3.05) is 0 Å². The van der Waals surface area contributed by atoms with Gasteiger partial charge in [-0.2, -0.15) is 13.2 Å². The number of hydrogen-bond acceptors (Lipinski definition) is 2. The molecule has 0 aromatic heterocycles. The SMILES string of the molecule is CC(C)(C)/C=C/C(N[S+]([O-])C(C)(C)C)c1ccc(C(F)(F)F)cc1. The van der Waals surface area contributed by atoms with E-state index in [-0.39, 0.29) is 5.41 Å². The molecule has 0 radical (unpaired) electrons. The summed E-state index contributed by atoms with van der Waals surface area (Å²) in [6, 6.07) is 4.52. The summed E-state index contributed by atoms with van der Waals surface area (Å²) >= 11 is -1.34. The van der Waals surface area contributed by atoms with Crippen LogP contribution in [0, 0.1) is 5.41 Å². The van der Waals surface area contributed by atoms with Gasteiger partial charge in [0.25, 0.3) is 0 Å². The minimum atomic E-state index is -4.36. The van der Waals surface area contributed by atoms with Gasteiger partial charge in [-0.1, -0.05) is 45.1 Å². The molecular weight excluding hydrogens is 335 g/mol. The van der Waals surface area contributed by atoms with E-state index in [0.29, 0.717) is 5.56 Å². The molecule has 1 aromatic rings. The minimum Gasteiger partial charge on any atom is -0.598 e. The Bertz CT molecular complexity index is 554. The number of halogens is 3. The summed E-state index contributed by atoms with van der Waals surface area (Å²) in [4.78, 5) is 0. The van der Waals surface area contributed by atoms with Crippen molar-refractivity contribution < 1.29 is 17.7 Å². The number of alkyl halides is 3. The molecule has 2 atom stereocenters. The quantitative estimate of drug-likeness (QED) is 0.575. The average molecular weight is 361 g/mol. The zero-order valence-corrected chi connectivity index (χ0v) is 15.8. The first-order valence-corrected chi connectivity index (χ1v) is 8.90. The molecule has 0 saturated heterocycles. The van der Waals surface area contributed by atoms with Crippen LogP contribution in [0.15, 0.2) is 36.4 Å². The van der Waals surface area contributed by atoms with Crippen molar-refractivity contribution in [3.8, 4) is 0 Å². The van der Waals surface area contributed by atoms with Crippen LogP contribution < -0.4 is 4.72 Å². The highest BCUT2D eigenvalue weighted by Crippen LogP contribution is 2.31. The van der Waals surface area contributed by atoms with E-state index < -0.39 is 33.9 Å². The molecule has 0 spiro atoms. The predicted octanol–water partition coefficient (Wildman–Crippen LogP) is 5.40. The van der Waals surface area contributed by atoms with Crippen LogP contribution in [0.2, 0.25) is 0 Å². The minimum absolute atomic E-state index is 0.0882. The molecule has 6 heteroatoms. The number of rotatable bonds is 4. The van der Waals surface area contributed by atoms with E-state index >= 15 is 0 Å². The third-order valence-electron chi connectivity index (χ3n) is 3.18. The van der Waals surface area contributed by atoms with Crippen LogP contribution in [-0.2, 0) is 17.5 Å². The van der Waals surface area contributed by atoms with Crippen LogP contribution in [0.3, 0.4) is 0 Å². The van der Waals surface area contributed by atoms with Crippen LogP contribution in [0.25, 0.3) is 0 Å². The third kappa shape index (κ3) is 6.87. The molecule has 0 fully saturated rings. The Kier molecular flexibility index (Phi) is 6.58. The van der Waals surface area contributed by atoms with E-state index in [1.165, 1.54) is 12.1 Å². The third-order valence-corrected chi connectivity index (χ3v) is 4.76. The standard InChI is InChI=1S/C18H26F3NOS/c1-16(2,3)12-11-15(22-24(23)17(4,5)6)13-7-9-14(10-8-13)18(19,20)21/h7-12,15,22H,1-6H3/b12-11+. The van der Waals surface area contributed by atoms with Gasteiger partial charge < -0.3 is 4.55 Å². The lowest BCUT2D eigenvalue weighted by Gasteiger charge is -2.27. The van der Waals surface area contributed by atoms with Crippen molar-refractivity contribution in [1.82, 2.24) is 4.72 Å². The second-order valence-corrected chi connectivity index (χ2v) is 9.82. The smallest absolute Gasteiger partial charge is 0.416 e. The summed E-state index contributed by atoms with van der Waals surface area (Å²) in [5.41, 5.74) is -0.141. The highest BCUT2D eigenvalue weighted by Gasteiger charge is 2.32. The zero-order chi connectivity index (χ0) is 18.8. The number of benzene rings is 1. The largest absolute Gasteiger partial charge is 0.598 e. The zero-order valence-electron chi connectivity index (χ0n) is 15.0. The first kappa shape index (κ1) is 21.1. The van der Waals surface area contributed by atoms with Crippen molar-refractivity contribution in [2.24, 2.45) is 5.41 Å². The van der Waals surface area contributed by atoms with Crippen molar-refractivity contribution in [1.29, 1.82) is 0 Å². The van der Waals surface area contributed by atoms with Crippen LogP contribution in [-0.4, -0.2) is 9.30 Å². The normalized spacial score (nSPS) is 16.4. The van der Waals surface area contributed by atoms with E-state index in [1.807, 2.05) is 53.7 Å². The molecule has 2 unspecified atom stereocenters. The van der Waals surface area contributed by atoms with E-state index in [0.717, 1.165) is 12.1 Å². The van der Waals surface area contributed by atoms with Gasteiger partial charge in [-0.3, -0.25) is 0 Å². The monoisotopic (exact) mass is 361 g/mol. The fraction of sp³-hybridized carbons (Fsp3) is 0.556. The maximum atomic E-state index is 12.7. The maximum Gasteiger partial charge on any atom is 0.416 e. The number of allylic oxidation sites excluding steroid dienone is 1. The van der Waals surface area contributed by atoms with Gasteiger partial charge in [0.2, 0.25) is 0 Å². The highest BCUT2D eigenvalue weighted by atomic mass is 32.2. The van der Waals surface area contributed by atoms with E-state index in [9.17, 15) is 17.7 Å². The fourth-order valence-electron chi connectivity index (χ4n) is 1.77. The van der Waals surface area contributed by atoms with E-state index in [4.69, 9.17) is 0 Å². The Morgan fingerprint density at radius 1 is 1.00 bits per heavy atom. The fourth-order valence-corrected chi connectivity index (χ4v) is 2.57. The lowest BCUT2D eigenvalue weighted by atomic mass is 9.94. The maximum absolute atomic E-state index is 12.7. The van der Waals surface area contributed by atoms with Gasteiger partial charge in [-0.25, -0.2) is 0 Å². The summed E-state index contributed by atoms with van der Waals surface area (Å²) in [6.07, 6.45) is -0.550. The molecule has 0 aliphatic carbocycles. The molecule has 0 aliphatic heterocycles. The molecule has 0 bridgehead atoms. The lowest BCUT2D eigenvalue weighted by molar-refractivity contribution is -0.137. The van der Waals surface area contributed by atoms with Gasteiger partial charge in [0.05, 0.1) is 11.6 Å². The van der Waals surface area contributed by atoms with Gasteiger partial charge in [0.1, 0.15) is 4.75 Å². The topological polar surface area (TPSA) is 35.1 Å². The van der Waals surface area contributed by atoms with Crippen molar-refractivity contribution >= 4 is 11.4 Å². The second-order valence-electron chi connectivity index (χ2n) is 7.82.